The summed E-state index contributed by atoms with van der Waals surface area (Å²) in [6.07, 6.45) is 2.45. The third-order valence-electron chi connectivity index (χ3n) is 4.37. The van der Waals surface area contributed by atoms with Gasteiger partial charge in [-0.25, -0.2) is 8.42 Å². The Kier molecular flexibility index (Phi) is 5.33. The van der Waals surface area contributed by atoms with Crippen LogP contribution in [0.15, 0.2) is 12.1 Å². The Morgan fingerprint density at radius 3 is 2.57 bits per heavy atom. The maximum atomic E-state index is 12.5. The van der Waals surface area contributed by atoms with E-state index in [-0.39, 0.29) is 11.3 Å². The Labute approximate surface area is 133 Å². The Bertz CT molecular complexity index is 613. The van der Waals surface area contributed by atoms with Gasteiger partial charge in [0.2, 0.25) is 0 Å². The highest BCUT2D eigenvalue weighted by atomic mass is 35.5. The van der Waals surface area contributed by atoms with Crippen LogP contribution >= 0.6 is 11.6 Å². The fourth-order valence-electron chi connectivity index (χ4n) is 3.06. The van der Waals surface area contributed by atoms with Gasteiger partial charge in [0.05, 0.1) is 17.0 Å². The average molecular weight is 330 g/mol. The van der Waals surface area contributed by atoms with Crippen molar-refractivity contribution in [1.82, 2.24) is 5.32 Å². The molecule has 1 aromatic rings. The third-order valence-corrected chi connectivity index (χ3v) is 6.99. The van der Waals surface area contributed by atoms with Gasteiger partial charge in [-0.1, -0.05) is 31.0 Å². The first kappa shape index (κ1) is 16.8. The van der Waals surface area contributed by atoms with Gasteiger partial charge >= 0.3 is 0 Å². The molecule has 1 fully saturated rings. The average Bonchev–Trinajstić information content (AvgIpc) is 2.41. The molecule has 21 heavy (non-hydrogen) atoms. The lowest BCUT2D eigenvalue weighted by Gasteiger charge is -2.31. The van der Waals surface area contributed by atoms with Crippen LogP contribution in [0.3, 0.4) is 0 Å². The fourth-order valence-corrected chi connectivity index (χ4v) is 5.49. The molecule has 1 saturated heterocycles. The number of nitrogens with one attached hydrogen (secondary N) is 1. The van der Waals surface area contributed by atoms with Crippen molar-refractivity contribution in [1.29, 1.82) is 0 Å². The molecule has 0 aromatic heterocycles. The molecule has 3 nitrogen and oxygen atoms in total. The molecule has 0 aliphatic carbocycles. The van der Waals surface area contributed by atoms with Gasteiger partial charge in [-0.15, -0.1) is 0 Å². The van der Waals surface area contributed by atoms with Crippen LogP contribution in [-0.2, 0) is 9.84 Å². The quantitative estimate of drug-likeness (QED) is 0.918. The summed E-state index contributed by atoms with van der Waals surface area (Å²) in [5.41, 5.74) is 3.19. The number of aryl methyl sites for hydroxylation is 2. The molecule has 0 amide bonds. The highest BCUT2D eigenvalue weighted by Gasteiger charge is 2.36. The van der Waals surface area contributed by atoms with Crippen LogP contribution in [0.4, 0.5) is 0 Å². The normalized spacial score (nSPS) is 23.0. The van der Waals surface area contributed by atoms with Crippen molar-refractivity contribution in [2.24, 2.45) is 0 Å². The Hall–Kier alpha value is -0.580. The zero-order valence-electron chi connectivity index (χ0n) is 12.9. The number of rotatable bonds is 4. The summed E-state index contributed by atoms with van der Waals surface area (Å²) in [6, 6.07) is 3.76. The van der Waals surface area contributed by atoms with E-state index in [1.54, 1.807) is 0 Å². The highest BCUT2D eigenvalue weighted by Crippen LogP contribution is 2.35. The van der Waals surface area contributed by atoms with Crippen LogP contribution in [0.1, 0.15) is 48.9 Å². The van der Waals surface area contributed by atoms with Gasteiger partial charge in [0.25, 0.3) is 0 Å². The molecule has 1 heterocycles. The largest absolute Gasteiger partial charge is 0.309 e. The number of hydrogen-bond acceptors (Lipinski definition) is 3. The van der Waals surface area contributed by atoms with E-state index in [1.165, 1.54) is 0 Å². The smallest absolute Gasteiger partial charge is 0.155 e. The molecule has 0 radical (unpaired) electrons. The molecule has 118 valence electrons. The van der Waals surface area contributed by atoms with E-state index in [9.17, 15) is 8.42 Å². The van der Waals surface area contributed by atoms with Crippen LogP contribution in [0, 0.1) is 13.8 Å². The number of sulfone groups is 1. The van der Waals surface area contributed by atoms with Crippen LogP contribution in [0.25, 0.3) is 0 Å². The molecule has 1 aliphatic heterocycles. The van der Waals surface area contributed by atoms with E-state index < -0.39 is 9.84 Å². The first-order chi connectivity index (χ1) is 9.86. The van der Waals surface area contributed by atoms with Gasteiger partial charge in [-0.05, 0) is 56.0 Å². The van der Waals surface area contributed by atoms with Crippen molar-refractivity contribution in [3.05, 3.63) is 33.8 Å². The second kappa shape index (κ2) is 6.67. The zero-order chi connectivity index (χ0) is 15.6. The van der Waals surface area contributed by atoms with E-state index in [2.05, 4.69) is 5.32 Å². The lowest BCUT2D eigenvalue weighted by molar-refractivity contribution is 0.454. The molecule has 0 saturated carbocycles. The highest BCUT2D eigenvalue weighted by molar-refractivity contribution is 7.92. The molecular formula is C16H24ClNO2S. The maximum Gasteiger partial charge on any atom is 0.155 e. The van der Waals surface area contributed by atoms with Crippen molar-refractivity contribution in [3.8, 4) is 0 Å². The summed E-state index contributed by atoms with van der Waals surface area (Å²) in [5.74, 6) is 0.294. The van der Waals surface area contributed by atoms with Crippen molar-refractivity contribution in [3.63, 3.8) is 0 Å². The van der Waals surface area contributed by atoms with Gasteiger partial charge in [-0.3, -0.25) is 0 Å². The molecule has 2 atom stereocenters. The standard InChI is InChI=1S/C16H24ClNO2S/c1-4-18-16(15-7-5-6-8-21(15,19)20)13-9-11(2)12(3)10-14(13)17/h9-10,15-16,18H,4-8H2,1-3H3. The van der Waals surface area contributed by atoms with Gasteiger partial charge in [-0.2, -0.15) is 0 Å². The van der Waals surface area contributed by atoms with E-state index in [0.29, 0.717) is 17.2 Å². The summed E-state index contributed by atoms with van der Waals surface area (Å²) in [4.78, 5) is 0. The predicted molar refractivity (Wildman–Crippen MR) is 88.8 cm³/mol. The minimum atomic E-state index is -3.05. The Morgan fingerprint density at radius 1 is 1.29 bits per heavy atom. The van der Waals surface area contributed by atoms with Crippen LogP contribution in [-0.4, -0.2) is 26.0 Å². The Morgan fingerprint density at radius 2 is 1.95 bits per heavy atom. The predicted octanol–water partition coefficient (Wildman–Crippen LogP) is 3.57. The van der Waals surface area contributed by atoms with Gasteiger partial charge in [0.15, 0.2) is 9.84 Å². The van der Waals surface area contributed by atoms with E-state index in [4.69, 9.17) is 11.6 Å². The van der Waals surface area contributed by atoms with Crippen molar-refractivity contribution in [2.75, 3.05) is 12.3 Å². The first-order valence-electron chi connectivity index (χ1n) is 7.58. The summed E-state index contributed by atoms with van der Waals surface area (Å²) >= 11 is 6.41. The van der Waals surface area contributed by atoms with E-state index >= 15 is 0 Å². The number of benzene rings is 1. The van der Waals surface area contributed by atoms with Gasteiger partial charge in [0.1, 0.15) is 0 Å². The number of halogens is 1. The molecule has 2 rings (SSSR count). The van der Waals surface area contributed by atoms with Crippen molar-refractivity contribution >= 4 is 21.4 Å². The third kappa shape index (κ3) is 3.61. The van der Waals surface area contributed by atoms with Gasteiger partial charge in [0, 0.05) is 5.02 Å². The minimum Gasteiger partial charge on any atom is -0.309 e. The fraction of sp³-hybridized carbons (Fsp3) is 0.625. The lowest BCUT2D eigenvalue weighted by atomic mass is 9.96. The van der Waals surface area contributed by atoms with Crippen LogP contribution in [0.5, 0.6) is 0 Å². The van der Waals surface area contributed by atoms with Crippen LogP contribution in [0.2, 0.25) is 5.02 Å². The molecular weight excluding hydrogens is 306 g/mol. The van der Waals surface area contributed by atoms with E-state index in [1.807, 2.05) is 32.9 Å². The summed E-state index contributed by atoms with van der Waals surface area (Å²) in [5, 5.41) is 3.64. The summed E-state index contributed by atoms with van der Waals surface area (Å²) in [6.45, 7) is 6.77. The minimum absolute atomic E-state index is 0.216. The maximum absolute atomic E-state index is 12.5. The summed E-state index contributed by atoms with van der Waals surface area (Å²) < 4.78 is 24.9. The van der Waals surface area contributed by atoms with Crippen molar-refractivity contribution in [2.45, 2.75) is 51.3 Å². The SMILES string of the molecule is CCNC(c1cc(C)c(C)cc1Cl)C1CCCCS1(=O)=O. The summed E-state index contributed by atoms with van der Waals surface area (Å²) in [7, 11) is -3.05. The Balaban J connectivity index is 2.46. The molecule has 5 heteroatoms. The van der Waals surface area contributed by atoms with Gasteiger partial charge < -0.3 is 5.32 Å². The van der Waals surface area contributed by atoms with Crippen molar-refractivity contribution < 1.29 is 8.42 Å². The molecule has 2 unspecified atom stereocenters. The van der Waals surface area contributed by atoms with Crippen LogP contribution < -0.4 is 5.32 Å². The number of hydrogen-bond donors (Lipinski definition) is 1. The molecule has 0 bridgehead atoms. The lowest BCUT2D eigenvalue weighted by Crippen LogP contribution is -2.40. The second-order valence-corrected chi connectivity index (χ2v) is 8.64. The topological polar surface area (TPSA) is 46.2 Å². The molecule has 1 aliphatic rings. The molecule has 0 spiro atoms. The first-order valence-corrected chi connectivity index (χ1v) is 9.67. The monoisotopic (exact) mass is 329 g/mol. The zero-order valence-corrected chi connectivity index (χ0v) is 14.5. The van der Waals surface area contributed by atoms with E-state index in [0.717, 1.165) is 36.1 Å². The second-order valence-electron chi connectivity index (χ2n) is 5.89. The molecule has 1 N–H and O–H groups in total. The molecule has 1 aromatic carbocycles.